The maximum Gasteiger partial charge on any atom is 0.0468 e. The van der Waals surface area contributed by atoms with Gasteiger partial charge in [-0.1, -0.05) is 42.3 Å². The van der Waals surface area contributed by atoms with Crippen LogP contribution in [0.5, 0.6) is 0 Å². The van der Waals surface area contributed by atoms with Gasteiger partial charge >= 0.3 is 0 Å². The van der Waals surface area contributed by atoms with Gasteiger partial charge in [-0.2, -0.15) is 0 Å². The highest BCUT2D eigenvalue weighted by Crippen LogP contribution is 2.32. The van der Waals surface area contributed by atoms with Gasteiger partial charge in [0.25, 0.3) is 0 Å². The number of likely N-dealkylation sites (N-methyl/N-ethyl adjacent to an activating group) is 1. The van der Waals surface area contributed by atoms with E-state index >= 15 is 0 Å². The fourth-order valence-electron chi connectivity index (χ4n) is 2.00. The minimum atomic E-state index is 0.162. The molecule has 0 saturated carbocycles. The van der Waals surface area contributed by atoms with E-state index in [-0.39, 0.29) is 6.04 Å². The van der Waals surface area contributed by atoms with Gasteiger partial charge in [0.15, 0.2) is 0 Å². The molecule has 2 aromatic rings. The molecule has 0 bridgehead atoms. The Bertz CT molecular complexity index is 476. The Morgan fingerprint density at radius 2 is 1.89 bits per heavy atom. The molecule has 1 N–H and O–H groups in total. The van der Waals surface area contributed by atoms with Crippen LogP contribution in [-0.2, 0) is 6.42 Å². The fourth-order valence-corrected chi connectivity index (χ4v) is 3.41. The molecule has 96 valence electrons. The Hall–Kier alpha value is -0.540. The lowest BCUT2D eigenvalue weighted by atomic mass is 10.0. The summed E-state index contributed by atoms with van der Waals surface area (Å²) in [6.45, 7) is 2.98. The van der Waals surface area contributed by atoms with Gasteiger partial charge in [-0.3, -0.25) is 0 Å². The minimum absolute atomic E-state index is 0.162. The summed E-state index contributed by atoms with van der Waals surface area (Å²) in [4.78, 5) is 1.33. The van der Waals surface area contributed by atoms with Crippen LogP contribution in [0.1, 0.15) is 23.4 Å². The molecule has 1 heterocycles. The molecule has 1 nitrogen and oxygen atoms in total. The smallest absolute Gasteiger partial charge is 0.0468 e. The number of thiophene rings is 1. The van der Waals surface area contributed by atoms with Crippen molar-refractivity contribution in [1.82, 2.24) is 5.32 Å². The topological polar surface area (TPSA) is 12.0 Å². The average molecular weight is 300 g/mol. The number of hydrogen-bond donors (Lipinski definition) is 1. The van der Waals surface area contributed by atoms with Gasteiger partial charge in [0, 0.05) is 32.9 Å². The van der Waals surface area contributed by atoms with E-state index in [4.69, 9.17) is 23.2 Å². The summed E-state index contributed by atoms with van der Waals surface area (Å²) in [5.74, 6) is 0. The zero-order valence-corrected chi connectivity index (χ0v) is 12.4. The van der Waals surface area contributed by atoms with Gasteiger partial charge in [-0.05, 0) is 30.1 Å². The Kier molecular flexibility index (Phi) is 5.07. The summed E-state index contributed by atoms with van der Waals surface area (Å²) >= 11 is 14.3. The van der Waals surface area contributed by atoms with Gasteiger partial charge in [0.1, 0.15) is 0 Å². The first-order valence-electron chi connectivity index (χ1n) is 5.92. The lowest BCUT2D eigenvalue weighted by Gasteiger charge is -2.20. The molecule has 4 heteroatoms. The second kappa shape index (κ2) is 6.58. The van der Waals surface area contributed by atoms with Crippen LogP contribution < -0.4 is 5.32 Å². The van der Waals surface area contributed by atoms with E-state index < -0.39 is 0 Å². The third-order valence-corrected chi connectivity index (χ3v) is 4.34. The maximum absolute atomic E-state index is 6.28. The monoisotopic (exact) mass is 299 g/mol. The quantitative estimate of drug-likeness (QED) is 0.824. The second-order valence-electron chi connectivity index (χ2n) is 4.03. The molecule has 1 unspecified atom stereocenters. The van der Waals surface area contributed by atoms with E-state index in [1.165, 1.54) is 4.88 Å². The Labute approximate surface area is 122 Å². The fraction of sp³-hybridized carbons (Fsp3) is 0.286. The van der Waals surface area contributed by atoms with Crippen molar-refractivity contribution in [2.75, 3.05) is 6.54 Å². The van der Waals surface area contributed by atoms with Crippen LogP contribution in [0.4, 0.5) is 0 Å². The molecule has 1 aromatic carbocycles. The molecule has 0 aliphatic rings. The van der Waals surface area contributed by atoms with Gasteiger partial charge in [-0.25, -0.2) is 0 Å². The van der Waals surface area contributed by atoms with E-state index in [0.717, 1.165) is 28.6 Å². The van der Waals surface area contributed by atoms with Crippen molar-refractivity contribution in [3.05, 3.63) is 56.2 Å². The van der Waals surface area contributed by atoms with Crippen molar-refractivity contribution in [3.8, 4) is 0 Å². The van der Waals surface area contributed by atoms with E-state index in [9.17, 15) is 0 Å². The SMILES string of the molecule is CCNC(Cc1cccs1)c1c(Cl)cccc1Cl. The lowest BCUT2D eigenvalue weighted by molar-refractivity contribution is 0.553. The van der Waals surface area contributed by atoms with Crippen LogP contribution in [-0.4, -0.2) is 6.54 Å². The predicted molar refractivity (Wildman–Crippen MR) is 80.9 cm³/mol. The second-order valence-corrected chi connectivity index (χ2v) is 5.88. The van der Waals surface area contributed by atoms with Crippen molar-refractivity contribution in [3.63, 3.8) is 0 Å². The first kappa shape index (κ1) is 13.9. The summed E-state index contributed by atoms with van der Waals surface area (Å²) < 4.78 is 0. The highest BCUT2D eigenvalue weighted by molar-refractivity contribution is 7.09. The van der Waals surface area contributed by atoms with Crippen LogP contribution in [0.2, 0.25) is 10.0 Å². The Balaban J connectivity index is 2.29. The summed E-state index contributed by atoms with van der Waals surface area (Å²) in [6, 6.07) is 10.0. The predicted octanol–water partition coefficient (Wildman–Crippen LogP) is 4.95. The van der Waals surface area contributed by atoms with Crippen LogP contribution >= 0.6 is 34.5 Å². The molecule has 0 aliphatic carbocycles. The Morgan fingerprint density at radius 1 is 1.17 bits per heavy atom. The molecule has 1 atom stereocenters. The molecule has 0 saturated heterocycles. The molecule has 0 spiro atoms. The van der Waals surface area contributed by atoms with Gasteiger partial charge < -0.3 is 5.32 Å². The third-order valence-electron chi connectivity index (χ3n) is 2.78. The van der Waals surface area contributed by atoms with Crippen LogP contribution in [0.15, 0.2) is 35.7 Å². The molecular formula is C14H15Cl2NS. The summed E-state index contributed by atoms with van der Waals surface area (Å²) in [6.07, 6.45) is 0.912. The zero-order valence-electron chi connectivity index (χ0n) is 10.1. The van der Waals surface area contributed by atoms with Crippen LogP contribution in [0.25, 0.3) is 0 Å². The highest BCUT2D eigenvalue weighted by atomic mass is 35.5. The van der Waals surface area contributed by atoms with E-state index in [1.807, 2.05) is 18.2 Å². The minimum Gasteiger partial charge on any atom is -0.310 e. The molecule has 0 amide bonds. The number of halogens is 2. The first-order chi connectivity index (χ1) is 8.72. The average Bonchev–Trinajstić information content (AvgIpc) is 2.82. The largest absolute Gasteiger partial charge is 0.310 e. The van der Waals surface area contributed by atoms with Crippen LogP contribution in [0, 0.1) is 0 Å². The van der Waals surface area contributed by atoms with Crippen LogP contribution in [0.3, 0.4) is 0 Å². The molecule has 1 aromatic heterocycles. The van der Waals surface area contributed by atoms with E-state index in [2.05, 4.69) is 29.8 Å². The summed E-state index contributed by atoms with van der Waals surface area (Å²) in [5.41, 5.74) is 0.996. The van der Waals surface area contributed by atoms with Crippen molar-refractivity contribution in [2.45, 2.75) is 19.4 Å². The van der Waals surface area contributed by atoms with E-state index in [1.54, 1.807) is 11.3 Å². The van der Waals surface area contributed by atoms with Crippen molar-refractivity contribution < 1.29 is 0 Å². The molecule has 0 radical (unpaired) electrons. The summed E-state index contributed by atoms with van der Waals surface area (Å²) in [5, 5.41) is 7.00. The summed E-state index contributed by atoms with van der Waals surface area (Å²) in [7, 11) is 0. The molecule has 2 rings (SSSR count). The van der Waals surface area contributed by atoms with Crippen molar-refractivity contribution >= 4 is 34.5 Å². The molecule has 0 fully saturated rings. The first-order valence-corrected chi connectivity index (χ1v) is 7.55. The molecular weight excluding hydrogens is 285 g/mol. The standard InChI is InChI=1S/C14H15Cl2NS/c1-2-17-13(9-10-5-4-8-18-10)14-11(15)6-3-7-12(14)16/h3-8,13,17H,2,9H2,1H3. The highest BCUT2D eigenvalue weighted by Gasteiger charge is 2.17. The number of benzene rings is 1. The third kappa shape index (κ3) is 3.27. The van der Waals surface area contributed by atoms with E-state index in [0.29, 0.717) is 0 Å². The number of nitrogens with one attached hydrogen (secondary N) is 1. The van der Waals surface area contributed by atoms with Crippen molar-refractivity contribution in [1.29, 1.82) is 0 Å². The zero-order chi connectivity index (χ0) is 13.0. The molecule has 18 heavy (non-hydrogen) atoms. The Morgan fingerprint density at radius 3 is 2.44 bits per heavy atom. The van der Waals surface area contributed by atoms with Gasteiger partial charge in [0.05, 0.1) is 0 Å². The normalized spacial score (nSPS) is 12.6. The number of hydrogen-bond acceptors (Lipinski definition) is 2. The molecule has 0 aliphatic heterocycles. The maximum atomic E-state index is 6.28. The van der Waals surface area contributed by atoms with Crippen molar-refractivity contribution in [2.24, 2.45) is 0 Å². The number of rotatable bonds is 5. The van der Waals surface area contributed by atoms with Gasteiger partial charge in [0.2, 0.25) is 0 Å². The van der Waals surface area contributed by atoms with Gasteiger partial charge in [-0.15, -0.1) is 11.3 Å². The lowest BCUT2D eigenvalue weighted by Crippen LogP contribution is -2.23.